The van der Waals surface area contributed by atoms with Crippen LogP contribution in [-0.4, -0.2) is 23.5 Å². The Bertz CT molecular complexity index is 852. The van der Waals surface area contributed by atoms with Gasteiger partial charge >= 0.3 is 5.97 Å². The third-order valence-electron chi connectivity index (χ3n) is 4.03. The maximum Gasteiger partial charge on any atom is 0.338 e. The van der Waals surface area contributed by atoms with E-state index in [2.05, 4.69) is 10.3 Å². The number of benzene rings is 1. The first-order chi connectivity index (χ1) is 11.9. The van der Waals surface area contributed by atoms with E-state index < -0.39 is 18.5 Å². The van der Waals surface area contributed by atoms with Crippen LogP contribution >= 0.6 is 23.2 Å². The maximum atomic E-state index is 12.1. The van der Waals surface area contributed by atoms with Crippen molar-refractivity contribution in [2.45, 2.75) is 26.2 Å². The van der Waals surface area contributed by atoms with Crippen LogP contribution in [0.25, 0.3) is 0 Å². The summed E-state index contributed by atoms with van der Waals surface area (Å²) < 4.78 is 5.07. The summed E-state index contributed by atoms with van der Waals surface area (Å²) >= 11 is 11.9. The highest BCUT2D eigenvalue weighted by Crippen LogP contribution is 2.25. The van der Waals surface area contributed by atoms with E-state index in [1.807, 2.05) is 12.1 Å². The number of carbonyl (C=O) groups excluding carboxylic acids is 2. The highest BCUT2D eigenvalue weighted by molar-refractivity contribution is 6.36. The van der Waals surface area contributed by atoms with Crippen LogP contribution in [0.4, 0.5) is 5.82 Å². The molecule has 1 heterocycles. The Labute approximate surface area is 155 Å². The third kappa shape index (κ3) is 4.11. The number of fused-ring (bicyclic) bond motifs is 1. The van der Waals surface area contributed by atoms with Crippen molar-refractivity contribution in [2.75, 3.05) is 11.9 Å². The van der Waals surface area contributed by atoms with Gasteiger partial charge in [-0.15, -0.1) is 0 Å². The molecule has 1 amide bonds. The van der Waals surface area contributed by atoms with Gasteiger partial charge in [-0.05, 0) is 55.5 Å². The Hall–Kier alpha value is -2.11. The van der Waals surface area contributed by atoms with Crippen molar-refractivity contribution in [3.8, 4) is 0 Å². The van der Waals surface area contributed by atoms with Crippen molar-refractivity contribution < 1.29 is 14.3 Å². The second-order valence-corrected chi connectivity index (χ2v) is 6.66. The Morgan fingerprint density at radius 2 is 1.92 bits per heavy atom. The molecule has 0 bridgehead atoms. The van der Waals surface area contributed by atoms with Gasteiger partial charge in [0.25, 0.3) is 5.91 Å². The molecule has 1 aromatic heterocycles. The van der Waals surface area contributed by atoms with Gasteiger partial charge in [0.15, 0.2) is 12.4 Å². The minimum Gasteiger partial charge on any atom is -0.452 e. The summed E-state index contributed by atoms with van der Waals surface area (Å²) in [4.78, 5) is 28.2. The van der Waals surface area contributed by atoms with Crippen molar-refractivity contribution in [3.63, 3.8) is 0 Å². The molecule has 5 nitrogen and oxygen atoms in total. The summed E-state index contributed by atoms with van der Waals surface area (Å²) in [5.41, 5.74) is 3.43. The maximum absolute atomic E-state index is 12.1. The third-order valence-corrected chi connectivity index (χ3v) is 4.70. The van der Waals surface area contributed by atoms with Crippen molar-refractivity contribution >= 4 is 40.9 Å². The highest BCUT2D eigenvalue weighted by Gasteiger charge is 2.16. The molecule has 1 aromatic carbocycles. The van der Waals surface area contributed by atoms with Crippen LogP contribution in [0.15, 0.2) is 24.3 Å². The fourth-order valence-electron chi connectivity index (χ4n) is 2.73. The van der Waals surface area contributed by atoms with E-state index in [1.54, 1.807) is 13.0 Å². The molecule has 1 N–H and O–H groups in total. The monoisotopic (exact) mass is 378 g/mol. The first-order valence-corrected chi connectivity index (χ1v) is 8.61. The number of ether oxygens (including phenoxy) is 1. The first kappa shape index (κ1) is 17.7. The van der Waals surface area contributed by atoms with Gasteiger partial charge in [-0.1, -0.05) is 29.3 Å². The van der Waals surface area contributed by atoms with Crippen LogP contribution in [0.2, 0.25) is 10.0 Å². The molecule has 1 aliphatic carbocycles. The van der Waals surface area contributed by atoms with Crippen LogP contribution in [0, 0.1) is 6.92 Å². The number of hydrogen-bond acceptors (Lipinski definition) is 4. The Morgan fingerprint density at radius 3 is 2.72 bits per heavy atom. The van der Waals surface area contributed by atoms with Gasteiger partial charge in [-0.2, -0.15) is 0 Å². The van der Waals surface area contributed by atoms with Crippen LogP contribution in [-0.2, 0) is 22.4 Å². The largest absolute Gasteiger partial charge is 0.452 e. The fraction of sp³-hybridized carbons (Fsp3) is 0.278. The van der Waals surface area contributed by atoms with E-state index >= 15 is 0 Å². The number of anilines is 1. The average molecular weight is 379 g/mol. The summed E-state index contributed by atoms with van der Waals surface area (Å²) in [5.74, 6) is -0.871. The van der Waals surface area contributed by atoms with E-state index in [4.69, 9.17) is 27.9 Å². The van der Waals surface area contributed by atoms with Crippen LogP contribution < -0.4 is 5.32 Å². The lowest BCUT2D eigenvalue weighted by molar-refractivity contribution is -0.119. The number of rotatable bonds is 4. The van der Waals surface area contributed by atoms with Crippen molar-refractivity contribution in [1.29, 1.82) is 0 Å². The Balaban J connectivity index is 1.59. The number of nitrogens with one attached hydrogen (secondary N) is 1. The van der Waals surface area contributed by atoms with E-state index in [0.717, 1.165) is 19.3 Å². The van der Waals surface area contributed by atoms with Gasteiger partial charge in [-0.25, -0.2) is 9.78 Å². The van der Waals surface area contributed by atoms with E-state index in [1.165, 1.54) is 17.2 Å². The number of amides is 1. The average Bonchev–Trinajstić information content (AvgIpc) is 3.05. The predicted octanol–water partition coefficient (Wildman–Crippen LogP) is 3.98. The molecule has 0 saturated carbocycles. The molecule has 7 heteroatoms. The second kappa shape index (κ2) is 7.42. The van der Waals surface area contributed by atoms with Crippen molar-refractivity contribution in [1.82, 2.24) is 4.98 Å². The molecule has 0 spiro atoms. The zero-order chi connectivity index (χ0) is 18.0. The summed E-state index contributed by atoms with van der Waals surface area (Å²) in [6, 6.07) is 7.01. The van der Waals surface area contributed by atoms with Crippen LogP contribution in [0.5, 0.6) is 0 Å². The zero-order valence-corrected chi connectivity index (χ0v) is 15.1. The molecule has 2 aromatic rings. The van der Waals surface area contributed by atoms with E-state index in [0.29, 0.717) is 16.3 Å². The molecule has 25 heavy (non-hydrogen) atoms. The van der Waals surface area contributed by atoms with Crippen molar-refractivity contribution in [2.24, 2.45) is 0 Å². The molecule has 3 rings (SSSR count). The number of carbonyl (C=O) groups is 2. The number of hydrogen-bond donors (Lipinski definition) is 1. The summed E-state index contributed by atoms with van der Waals surface area (Å²) in [6.07, 6.45) is 3.11. The number of nitrogens with zero attached hydrogens (tertiary/aromatic N) is 1. The lowest BCUT2D eigenvalue weighted by Crippen LogP contribution is -2.22. The van der Waals surface area contributed by atoms with Gasteiger partial charge in [0.05, 0.1) is 21.3 Å². The highest BCUT2D eigenvalue weighted by atomic mass is 35.5. The number of aromatic nitrogens is 1. The van der Waals surface area contributed by atoms with Crippen molar-refractivity contribution in [3.05, 3.63) is 56.7 Å². The SMILES string of the molecule is Cc1nc(NC(=O)COC(=O)c2ccc3c(c2)CCC3)c(Cl)cc1Cl. The lowest BCUT2D eigenvalue weighted by Gasteiger charge is -2.09. The number of aryl methyl sites for hydroxylation is 3. The minimum absolute atomic E-state index is 0.183. The molecule has 0 radical (unpaired) electrons. The second-order valence-electron chi connectivity index (χ2n) is 5.85. The topological polar surface area (TPSA) is 68.3 Å². The van der Waals surface area contributed by atoms with Gasteiger partial charge in [-0.3, -0.25) is 4.79 Å². The Kier molecular flexibility index (Phi) is 5.25. The molecular weight excluding hydrogens is 363 g/mol. The predicted molar refractivity (Wildman–Crippen MR) is 96.4 cm³/mol. The number of halogens is 2. The van der Waals surface area contributed by atoms with E-state index in [9.17, 15) is 9.59 Å². The minimum atomic E-state index is -0.531. The van der Waals surface area contributed by atoms with Crippen LogP contribution in [0.3, 0.4) is 0 Å². The fourth-order valence-corrected chi connectivity index (χ4v) is 3.13. The molecule has 0 atom stereocenters. The standard InChI is InChI=1S/C18H16Cl2N2O3/c1-10-14(19)8-15(20)17(21-10)22-16(23)9-25-18(24)13-6-5-11-3-2-4-12(11)7-13/h5-8H,2-4,9H2,1H3,(H,21,22,23). The van der Waals surface area contributed by atoms with Gasteiger partial charge in [0.1, 0.15) is 0 Å². The van der Waals surface area contributed by atoms with Gasteiger partial charge < -0.3 is 10.1 Å². The molecule has 0 unspecified atom stereocenters. The smallest absolute Gasteiger partial charge is 0.338 e. The number of pyridine rings is 1. The van der Waals surface area contributed by atoms with Gasteiger partial charge in [0.2, 0.25) is 0 Å². The van der Waals surface area contributed by atoms with Crippen LogP contribution in [0.1, 0.15) is 33.6 Å². The molecule has 130 valence electrons. The Morgan fingerprint density at radius 1 is 1.16 bits per heavy atom. The normalized spacial score (nSPS) is 12.6. The molecule has 0 aliphatic heterocycles. The zero-order valence-electron chi connectivity index (χ0n) is 13.6. The molecule has 0 saturated heterocycles. The number of esters is 1. The molecule has 1 aliphatic rings. The summed E-state index contributed by atoms with van der Waals surface area (Å²) in [7, 11) is 0. The summed E-state index contributed by atoms with van der Waals surface area (Å²) in [5, 5.41) is 3.13. The molecule has 0 fully saturated rings. The molecular formula is C18H16Cl2N2O3. The first-order valence-electron chi connectivity index (χ1n) is 7.85. The lowest BCUT2D eigenvalue weighted by atomic mass is 10.1. The summed E-state index contributed by atoms with van der Waals surface area (Å²) in [6.45, 7) is 1.28. The van der Waals surface area contributed by atoms with E-state index in [-0.39, 0.29) is 10.8 Å². The van der Waals surface area contributed by atoms with Gasteiger partial charge in [0, 0.05) is 0 Å². The quantitative estimate of drug-likeness (QED) is 0.816.